The van der Waals surface area contributed by atoms with Gasteiger partial charge in [0.2, 0.25) is 0 Å². The summed E-state index contributed by atoms with van der Waals surface area (Å²) in [5.41, 5.74) is 5.42. The fourth-order valence-corrected chi connectivity index (χ4v) is 2.24. The molecule has 0 unspecified atom stereocenters. The summed E-state index contributed by atoms with van der Waals surface area (Å²) in [7, 11) is 0. The number of halogens is 3. The van der Waals surface area contributed by atoms with Crippen LogP contribution < -0.4 is 10.5 Å². The summed E-state index contributed by atoms with van der Waals surface area (Å²) >= 11 is 0. The van der Waals surface area contributed by atoms with Crippen molar-refractivity contribution >= 4 is 11.8 Å². The smallest absolute Gasteiger partial charge is 0.416 e. The van der Waals surface area contributed by atoms with Crippen LogP contribution in [-0.2, 0) is 17.7 Å². The molecule has 0 aliphatic heterocycles. The summed E-state index contributed by atoms with van der Waals surface area (Å²) in [6.07, 6.45) is -3.06. The zero-order valence-electron chi connectivity index (χ0n) is 14.8. The zero-order chi connectivity index (χ0) is 20.9. The number of nitrogens with two attached hydrogens (primary N) is 1. The van der Waals surface area contributed by atoms with E-state index in [1.807, 2.05) is 0 Å². The first-order valence-electron chi connectivity index (χ1n) is 8.26. The predicted molar refractivity (Wildman–Crippen MR) is 96.9 cm³/mol. The van der Waals surface area contributed by atoms with E-state index in [9.17, 15) is 18.0 Å². The minimum Gasteiger partial charge on any atom is -0.471 e. The fraction of sp³-hybridized carbons (Fsp3) is 0.105. The maximum absolute atomic E-state index is 12.7. The van der Waals surface area contributed by atoms with Crippen molar-refractivity contribution in [3.63, 3.8) is 0 Å². The van der Waals surface area contributed by atoms with Gasteiger partial charge in [-0.15, -0.1) is 0 Å². The molecule has 0 atom stereocenters. The molecule has 0 saturated heterocycles. The Morgan fingerprint density at radius 3 is 2.59 bits per heavy atom. The standard InChI is InChI=1S/C19H15F3N4O3/c20-19(21,22)14-7-4-8-15(11-14)28-12-26-10-9-16(24-26)18(27)29-25-17(23)13-5-2-1-3-6-13/h1-11H,12H2,(H2,23,25). The van der Waals surface area contributed by atoms with Crippen molar-refractivity contribution in [2.45, 2.75) is 12.9 Å². The maximum Gasteiger partial charge on any atom is 0.416 e. The molecule has 3 rings (SSSR count). The molecular formula is C19H15F3N4O3. The van der Waals surface area contributed by atoms with Gasteiger partial charge < -0.3 is 15.3 Å². The highest BCUT2D eigenvalue weighted by Crippen LogP contribution is 2.31. The fourth-order valence-electron chi connectivity index (χ4n) is 2.24. The van der Waals surface area contributed by atoms with Crippen LogP contribution in [0, 0.1) is 0 Å². The van der Waals surface area contributed by atoms with Crippen molar-refractivity contribution in [3.8, 4) is 5.75 Å². The van der Waals surface area contributed by atoms with Crippen LogP contribution in [-0.4, -0.2) is 21.6 Å². The van der Waals surface area contributed by atoms with Gasteiger partial charge in [-0.1, -0.05) is 41.6 Å². The van der Waals surface area contributed by atoms with Gasteiger partial charge in [-0.25, -0.2) is 9.48 Å². The maximum atomic E-state index is 12.7. The second-order valence-corrected chi connectivity index (χ2v) is 5.76. The molecule has 1 heterocycles. The topological polar surface area (TPSA) is 91.7 Å². The van der Waals surface area contributed by atoms with Crippen molar-refractivity contribution in [1.82, 2.24) is 9.78 Å². The van der Waals surface area contributed by atoms with E-state index in [0.29, 0.717) is 5.56 Å². The molecule has 150 valence electrons. The van der Waals surface area contributed by atoms with Crippen LogP contribution in [0.4, 0.5) is 13.2 Å². The van der Waals surface area contributed by atoms with Gasteiger partial charge in [0.15, 0.2) is 18.3 Å². The molecule has 0 aliphatic rings. The first-order chi connectivity index (χ1) is 13.8. The minimum atomic E-state index is -4.47. The van der Waals surface area contributed by atoms with Crippen molar-refractivity contribution < 1.29 is 27.5 Å². The first kappa shape index (κ1) is 19.9. The van der Waals surface area contributed by atoms with Gasteiger partial charge in [0.1, 0.15) is 5.75 Å². The molecule has 0 amide bonds. The highest BCUT2D eigenvalue weighted by molar-refractivity contribution is 5.97. The van der Waals surface area contributed by atoms with Gasteiger partial charge in [0.05, 0.1) is 5.56 Å². The van der Waals surface area contributed by atoms with Crippen molar-refractivity contribution in [2.75, 3.05) is 0 Å². The summed E-state index contributed by atoms with van der Waals surface area (Å²) in [4.78, 5) is 16.8. The van der Waals surface area contributed by atoms with Crippen LogP contribution in [0.15, 0.2) is 72.0 Å². The number of carbonyl (C=O) groups excluding carboxylic acids is 1. The molecule has 10 heteroatoms. The van der Waals surface area contributed by atoms with Crippen molar-refractivity contribution in [3.05, 3.63) is 83.7 Å². The Morgan fingerprint density at radius 2 is 1.86 bits per heavy atom. The monoisotopic (exact) mass is 404 g/mol. The lowest BCUT2D eigenvalue weighted by molar-refractivity contribution is -0.137. The number of benzene rings is 2. The third-order valence-corrected chi connectivity index (χ3v) is 3.67. The molecule has 0 aliphatic carbocycles. The van der Waals surface area contributed by atoms with E-state index in [4.69, 9.17) is 15.3 Å². The number of hydrogen-bond donors (Lipinski definition) is 1. The van der Waals surface area contributed by atoms with Gasteiger partial charge in [-0.3, -0.25) is 0 Å². The van der Waals surface area contributed by atoms with Crippen LogP contribution in [0.2, 0.25) is 0 Å². The van der Waals surface area contributed by atoms with Gasteiger partial charge in [0.25, 0.3) is 0 Å². The van der Waals surface area contributed by atoms with E-state index < -0.39 is 17.7 Å². The Kier molecular flexibility index (Phi) is 5.82. The lowest BCUT2D eigenvalue weighted by Crippen LogP contribution is -2.15. The van der Waals surface area contributed by atoms with Crippen LogP contribution in [0.3, 0.4) is 0 Å². The molecule has 0 saturated carbocycles. The van der Waals surface area contributed by atoms with Crippen LogP contribution in [0.1, 0.15) is 21.6 Å². The second-order valence-electron chi connectivity index (χ2n) is 5.76. The van der Waals surface area contributed by atoms with Gasteiger partial charge >= 0.3 is 12.1 Å². The van der Waals surface area contributed by atoms with Gasteiger partial charge in [-0.2, -0.15) is 18.3 Å². The van der Waals surface area contributed by atoms with E-state index >= 15 is 0 Å². The number of nitrogens with zero attached hydrogens (tertiary/aromatic N) is 3. The van der Waals surface area contributed by atoms with Crippen molar-refractivity contribution in [2.24, 2.45) is 10.9 Å². The molecule has 0 spiro atoms. The minimum absolute atomic E-state index is 0.0136. The number of alkyl halides is 3. The molecule has 3 aromatic rings. The normalized spacial score (nSPS) is 11.9. The quantitative estimate of drug-likeness (QED) is 0.294. The van der Waals surface area contributed by atoms with Gasteiger partial charge in [-0.05, 0) is 24.3 Å². The number of amidine groups is 1. The van der Waals surface area contributed by atoms with E-state index in [-0.39, 0.29) is 24.0 Å². The van der Waals surface area contributed by atoms with E-state index in [1.165, 1.54) is 29.1 Å². The third kappa shape index (κ3) is 5.34. The van der Waals surface area contributed by atoms with Gasteiger partial charge in [0, 0.05) is 11.8 Å². The number of oxime groups is 1. The highest BCUT2D eigenvalue weighted by Gasteiger charge is 2.30. The van der Waals surface area contributed by atoms with Crippen LogP contribution >= 0.6 is 0 Å². The summed E-state index contributed by atoms with van der Waals surface area (Å²) in [6, 6.07) is 14.5. The summed E-state index contributed by atoms with van der Waals surface area (Å²) in [5, 5.41) is 7.50. The van der Waals surface area contributed by atoms with Crippen molar-refractivity contribution in [1.29, 1.82) is 0 Å². The number of ether oxygens (including phenoxy) is 1. The average Bonchev–Trinajstić information content (AvgIpc) is 3.20. The largest absolute Gasteiger partial charge is 0.471 e. The molecule has 0 radical (unpaired) electrons. The zero-order valence-corrected chi connectivity index (χ0v) is 14.8. The Morgan fingerprint density at radius 1 is 1.10 bits per heavy atom. The number of carbonyl (C=O) groups is 1. The lowest BCUT2D eigenvalue weighted by Gasteiger charge is -2.10. The molecule has 7 nitrogen and oxygen atoms in total. The SMILES string of the molecule is N/C(=N\OC(=O)c1ccn(COc2cccc(C(F)(F)F)c2)n1)c1ccccc1. The molecule has 29 heavy (non-hydrogen) atoms. The Balaban J connectivity index is 1.59. The number of hydrogen-bond acceptors (Lipinski definition) is 5. The number of aromatic nitrogens is 2. The molecule has 0 fully saturated rings. The second kappa shape index (κ2) is 8.46. The van der Waals surface area contributed by atoms with E-state index in [1.54, 1.807) is 30.3 Å². The van der Waals surface area contributed by atoms with E-state index in [2.05, 4.69) is 10.3 Å². The Bertz CT molecular complexity index is 1020. The summed E-state index contributed by atoms with van der Waals surface area (Å²) in [6.45, 7) is -0.204. The summed E-state index contributed by atoms with van der Waals surface area (Å²) < 4.78 is 44.7. The highest BCUT2D eigenvalue weighted by atomic mass is 19.4. The number of rotatable bonds is 6. The Labute approximate surface area is 163 Å². The van der Waals surface area contributed by atoms with Crippen LogP contribution in [0.5, 0.6) is 5.75 Å². The summed E-state index contributed by atoms with van der Waals surface area (Å²) in [5.74, 6) is -0.812. The predicted octanol–water partition coefficient (Wildman–Crippen LogP) is 3.42. The first-order valence-corrected chi connectivity index (χ1v) is 8.26. The molecule has 0 bridgehead atoms. The van der Waals surface area contributed by atoms with Crippen LogP contribution in [0.25, 0.3) is 0 Å². The lowest BCUT2D eigenvalue weighted by atomic mass is 10.2. The Hall–Kier alpha value is -3.82. The molecule has 2 aromatic carbocycles. The molecular weight excluding hydrogens is 389 g/mol. The van der Waals surface area contributed by atoms with E-state index in [0.717, 1.165) is 12.1 Å². The molecule has 2 N–H and O–H groups in total. The third-order valence-electron chi connectivity index (χ3n) is 3.67. The average molecular weight is 404 g/mol. The molecule has 1 aromatic heterocycles.